The van der Waals surface area contributed by atoms with E-state index < -0.39 is 0 Å². The fraction of sp³-hybridized carbons (Fsp3) is 0.154. The summed E-state index contributed by atoms with van der Waals surface area (Å²) < 4.78 is 0. The van der Waals surface area contributed by atoms with Crippen LogP contribution in [0, 0.1) is 6.92 Å². The highest BCUT2D eigenvalue weighted by molar-refractivity contribution is 5.26. The molecule has 1 aromatic heterocycles. The van der Waals surface area contributed by atoms with Gasteiger partial charge >= 0.3 is 0 Å². The van der Waals surface area contributed by atoms with Crippen molar-refractivity contribution in [3.8, 4) is 0 Å². The number of pyridine rings is 1. The molecule has 1 aromatic carbocycles. The molecule has 2 nitrogen and oxygen atoms in total. The fourth-order valence-electron chi connectivity index (χ4n) is 1.52. The van der Waals surface area contributed by atoms with Crippen LogP contribution >= 0.6 is 0 Å². The Morgan fingerprint density at radius 2 is 1.87 bits per heavy atom. The number of nitrogens with one attached hydrogen (secondary N) is 1. The second-order valence-corrected chi connectivity index (χ2v) is 3.69. The van der Waals surface area contributed by atoms with Gasteiger partial charge in [0.1, 0.15) is 0 Å². The first-order valence-electron chi connectivity index (χ1n) is 4.98. The minimum atomic E-state index is -0.00178. The molecule has 0 atom stereocenters. The Bertz CT molecular complexity index is 496. The molecular formula is C13H13NO. The quantitative estimate of drug-likeness (QED) is 0.790. The van der Waals surface area contributed by atoms with Crippen molar-refractivity contribution >= 4 is 0 Å². The number of aromatic amines is 1. The zero-order valence-electron chi connectivity index (χ0n) is 8.66. The molecular weight excluding hydrogens is 186 g/mol. The van der Waals surface area contributed by atoms with E-state index in [1.807, 2.05) is 12.1 Å². The molecule has 2 aromatic rings. The summed E-state index contributed by atoms with van der Waals surface area (Å²) in [4.78, 5) is 14.1. The summed E-state index contributed by atoms with van der Waals surface area (Å²) in [7, 11) is 0. The predicted molar refractivity (Wildman–Crippen MR) is 61.0 cm³/mol. The number of aryl methyl sites for hydroxylation is 1. The van der Waals surface area contributed by atoms with E-state index >= 15 is 0 Å². The topological polar surface area (TPSA) is 32.9 Å². The Hall–Kier alpha value is -1.83. The van der Waals surface area contributed by atoms with Crippen LogP contribution in [-0.2, 0) is 6.42 Å². The number of hydrogen-bond donors (Lipinski definition) is 1. The maximum absolute atomic E-state index is 11.4. The van der Waals surface area contributed by atoms with Crippen LogP contribution in [-0.4, -0.2) is 4.98 Å². The molecule has 1 heterocycles. The Kier molecular flexibility index (Phi) is 2.68. The van der Waals surface area contributed by atoms with E-state index in [1.165, 1.54) is 5.56 Å². The second-order valence-electron chi connectivity index (χ2n) is 3.69. The smallest absolute Gasteiger partial charge is 0.251 e. The second kappa shape index (κ2) is 4.13. The van der Waals surface area contributed by atoms with Gasteiger partial charge in [-0.25, -0.2) is 0 Å². The molecule has 0 aliphatic heterocycles. The van der Waals surface area contributed by atoms with Crippen molar-refractivity contribution in [2.45, 2.75) is 13.3 Å². The van der Waals surface area contributed by atoms with Crippen LogP contribution in [0.15, 0.2) is 47.4 Å². The van der Waals surface area contributed by atoms with Crippen molar-refractivity contribution in [2.24, 2.45) is 0 Å². The van der Waals surface area contributed by atoms with Crippen LogP contribution in [0.2, 0.25) is 0 Å². The maximum Gasteiger partial charge on any atom is 0.251 e. The highest BCUT2D eigenvalue weighted by Gasteiger charge is 1.99. The maximum atomic E-state index is 11.4. The van der Waals surface area contributed by atoms with Gasteiger partial charge in [0.2, 0.25) is 0 Å². The Balaban J connectivity index is 2.26. The first-order chi connectivity index (χ1) is 7.25. The highest BCUT2D eigenvalue weighted by atomic mass is 16.1. The van der Waals surface area contributed by atoms with Crippen LogP contribution in [0.5, 0.6) is 0 Å². The molecule has 0 bridgehead atoms. The molecule has 76 valence electrons. The summed E-state index contributed by atoms with van der Waals surface area (Å²) in [5.74, 6) is 0. The van der Waals surface area contributed by atoms with Crippen molar-refractivity contribution in [1.29, 1.82) is 0 Å². The van der Waals surface area contributed by atoms with E-state index in [2.05, 4.69) is 36.2 Å². The molecule has 0 saturated heterocycles. The fourth-order valence-corrected chi connectivity index (χ4v) is 1.52. The molecule has 0 aliphatic carbocycles. The van der Waals surface area contributed by atoms with Gasteiger partial charge in [0.25, 0.3) is 5.56 Å². The average molecular weight is 199 g/mol. The zero-order valence-corrected chi connectivity index (χ0v) is 8.66. The van der Waals surface area contributed by atoms with Crippen LogP contribution in [0.3, 0.4) is 0 Å². The Labute approximate surface area is 88.6 Å². The number of H-pyrrole nitrogens is 1. The molecule has 0 unspecified atom stereocenters. The summed E-state index contributed by atoms with van der Waals surface area (Å²) >= 11 is 0. The van der Waals surface area contributed by atoms with Gasteiger partial charge in [-0.15, -0.1) is 0 Å². The molecule has 0 amide bonds. The van der Waals surface area contributed by atoms with Gasteiger partial charge in [-0.2, -0.15) is 0 Å². The molecule has 1 N–H and O–H groups in total. The largest absolute Gasteiger partial charge is 0.329 e. The SMILES string of the molecule is Cc1ccc(Cc2ccc[nH]c2=O)cc1. The summed E-state index contributed by atoms with van der Waals surface area (Å²) in [6, 6.07) is 12.0. The van der Waals surface area contributed by atoms with Gasteiger partial charge in [0, 0.05) is 18.2 Å². The molecule has 0 saturated carbocycles. The van der Waals surface area contributed by atoms with Gasteiger partial charge in [0.15, 0.2) is 0 Å². The van der Waals surface area contributed by atoms with Crippen molar-refractivity contribution in [3.05, 3.63) is 69.6 Å². The van der Waals surface area contributed by atoms with Gasteiger partial charge < -0.3 is 4.98 Å². The van der Waals surface area contributed by atoms with E-state index in [0.29, 0.717) is 6.42 Å². The lowest BCUT2D eigenvalue weighted by Crippen LogP contribution is -2.11. The standard InChI is InChI=1S/C13H13NO/c1-10-4-6-11(7-5-10)9-12-3-2-8-14-13(12)15/h2-8H,9H2,1H3,(H,14,15). The van der Waals surface area contributed by atoms with Crippen LogP contribution in [0.4, 0.5) is 0 Å². The van der Waals surface area contributed by atoms with E-state index in [1.54, 1.807) is 6.20 Å². The van der Waals surface area contributed by atoms with Crippen LogP contribution < -0.4 is 5.56 Å². The molecule has 0 radical (unpaired) electrons. The highest BCUT2D eigenvalue weighted by Crippen LogP contribution is 2.07. The van der Waals surface area contributed by atoms with E-state index in [0.717, 1.165) is 11.1 Å². The molecule has 0 spiro atoms. The number of rotatable bonds is 2. The van der Waals surface area contributed by atoms with Crippen molar-refractivity contribution < 1.29 is 0 Å². The summed E-state index contributed by atoms with van der Waals surface area (Å²) in [6.45, 7) is 2.05. The summed E-state index contributed by atoms with van der Waals surface area (Å²) in [6.07, 6.45) is 2.34. The lowest BCUT2D eigenvalue weighted by molar-refractivity contribution is 1.09. The Morgan fingerprint density at radius 3 is 2.53 bits per heavy atom. The zero-order chi connectivity index (χ0) is 10.7. The third-order valence-electron chi connectivity index (χ3n) is 2.41. The first kappa shape index (κ1) is 9.71. The van der Waals surface area contributed by atoms with Gasteiger partial charge in [-0.1, -0.05) is 35.9 Å². The average Bonchev–Trinajstić information content (AvgIpc) is 2.25. The van der Waals surface area contributed by atoms with Crippen LogP contribution in [0.25, 0.3) is 0 Å². The molecule has 2 rings (SSSR count). The molecule has 0 fully saturated rings. The third kappa shape index (κ3) is 2.34. The number of benzene rings is 1. The van der Waals surface area contributed by atoms with E-state index in [4.69, 9.17) is 0 Å². The third-order valence-corrected chi connectivity index (χ3v) is 2.41. The molecule has 2 heteroatoms. The lowest BCUT2D eigenvalue weighted by Gasteiger charge is -2.01. The Morgan fingerprint density at radius 1 is 1.13 bits per heavy atom. The van der Waals surface area contributed by atoms with Crippen molar-refractivity contribution in [3.63, 3.8) is 0 Å². The van der Waals surface area contributed by atoms with Gasteiger partial charge in [-0.05, 0) is 18.6 Å². The molecule has 15 heavy (non-hydrogen) atoms. The lowest BCUT2D eigenvalue weighted by atomic mass is 10.1. The van der Waals surface area contributed by atoms with E-state index in [-0.39, 0.29) is 5.56 Å². The number of aromatic nitrogens is 1. The summed E-state index contributed by atoms with van der Waals surface area (Å²) in [5.41, 5.74) is 3.21. The van der Waals surface area contributed by atoms with Crippen molar-refractivity contribution in [1.82, 2.24) is 4.98 Å². The van der Waals surface area contributed by atoms with Crippen molar-refractivity contribution in [2.75, 3.05) is 0 Å². The summed E-state index contributed by atoms with van der Waals surface area (Å²) in [5, 5.41) is 0. The molecule has 0 aliphatic rings. The predicted octanol–water partition coefficient (Wildman–Crippen LogP) is 2.27. The monoisotopic (exact) mass is 199 g/mol. The first-order valence-corrected chi connectivity index (χ1v) is 4.98. The number of hydrogen-bond acceptors (Lipinski definition) is 1. The van der Waals surface area contributed by atoms with Gasteiger partial charge in [-0.3, -0.25) is 4.79 Å². The minimum absolute atomic E-state index is 0.00178. The van der Waals surface area contributed by atoms with E-state index in [9.17, 15) is 4.79 Å². The normalized spacial score (nSPS) is 10.2. The van der Waals surface area contributed by atoms with Crippen LogP contribution in [0.1, 0.15) is 16.7 Å². The van der Waals surface area contributed by atoms with Gasteiger partial charge in [0.05, 0.1) is 0 Å². The minimum Gasteiger partial charge on any atom is -0.329 e.